The number of methoxy groups -OCH3 is 1. The summed E-state index contributed by atoms with van der Waals surface area (Å²) in [6.45, 7) is 0.267. The van der Waals surface area contributed by atoms with Gasteiger partial charge < -0.3 is 4.74 Å². The molecule has 0 unspecified atom stereocenters. The van der Waals surface area contributed by atoms with Crippen LogP contribution >= 0.6 is 0 Å². The molecule has 3 aromatic rings. The molecule has 1 aliphatic rings. The van der Waals surface area contributed by atoms with Crippen LogP contribution in [0.1, 0.15) is 40.4 Å². The average Bonchev–Trinajstić information content (AvgIpc) is 3.55. The van der Waals surface area contributed by atoms with Gasteiger partial charge in [-0.25, -0.2) is 19.7 Å². The first-order valence-corrected chi connectivity index (χ1v) is 8.57. The molecule has 0 amide bonds. The summed E-state index contributed by atoms with van der Waals surface area (Å²) in [6.07, 6.45) is 8.14. The number of hydrogen-bond acceptors (Lipinski definition) is 7. The number of hydrogen-bond donors (Lipinski definition) is 0. The Morgan fingerprint density at radius 1 is 1.19 bits per heavy atom. The van der Waals surface area contributed by atoms with Crippen LogP contribution in [0.25, 0.3) is 11.5 Å². The van der Waals surface area contributed by atoms with Crippen molar-refractivity contribution < 1.29 is 9.53 Å². The first-order valence-electron chi connectivity index (χ1n) is 8.57. The normalized spacial score (nSPS) is 13.4. The Labute approximate surface area is 154 Å². The van der Waals surface area contributed by atoms with Crippen molar-refractivity contribution in [2.45, 2.75) is 25.3 Å². The third-order valence-electron chi connectivity index (χ3n) is 4.41. The monoisotopic (exact) mass is 363 g/mol. The van der Waals surface area contributed by atoms with Crippen LogP contribution in [-0.4, -0.2) is 37.6 Å². The van der Waals surface area contributed by atoms with E-state index in [1.165, 1.54) is 24.2 Å². The molecular formula is C19H17N5O3. The Hall–Kier alpha value is -3.42. The SMILES string of the molecule is COC(=O)c1ccc(Cn2cnc(-c3ncccn3)c(C3CC3)c2=O)nc1. The van der Waals surface area contributed by atoms with Crippen LogP contribution in [0.4, 0.5) is 0 Å². The number of aromatic nitrogens is 5. The predicted octanol–water partition coefficient (Wildman–Crippen LogP) is 1.81. The van der Waals surface area contributed by atoms with Crippen LogP contribution in [0.5, 0.6) is 0 Å². The fourth-order valence-electron chi connectivity index (χ4n) is 2.89. The van der Waals surface area contributed by atoms with Crippen LogP contribution in [0.3, 0.4) is 0 Å². The number of pyridine rings is 1. The lowest BCUT2D eigenvalue weighted by Gasteiger charge is -2.11. The number of ether oxygens (including phenoxy) is 1. The number of esters is 1. The zero-order valence-corrected chi connectivity index (χ0v) is 14.7. The molecule has 4 rings (SSSR count). The second-order valence-corrected chi connectivity index (χ2v) is 6.32. The molecule has 27 heavy (non-hydrogen) atoms. The van der Waals surface area contributed by atoms with Crippen LogP contribution in [0, 0.1) is 0 Å². The van der Waals surface area contributed by atoms with Crippen molar-refractivity contribution in [3.05, 3.63) is 70.3 Å². The fraction of sp³-hybridized carbons (Fsp3) is 0.263. The van der Waals surface area contributed by atoms with Crippen molar-refractivity contribution in [2.75, 3.05) is 7.11 Å². The fourth-order valence-corrected chi connectivity index (χ4v) is 2.89. The Bertz CT molecular complexity index is 1030. The van der Waals surface area contributed by atoms with Gasteiger partial charge in [-0.2, -0.15) is 0 Å². The van der Waals surface area contributed by atoms with E-state index in [-0.39, 0.29) is 18.0 Å². The van der Waals surface area contributed by atoms with Gasteiger partial charge in [0.25, 0.3) is 5.56 Å². The van der Waals surface area contributed by atoms with Crippen molar-refractivity contribution in [3.63, 3.8) is 0 Å². The standard InChI is InChI=1S/C19H17N5O3/c1-27-19(26)13-5-6-14(22-9-13)10-24-11-23-16(17-20-7-2-8-21-17)15(18(24)25)12-3-4-12/h2,5-9,11-12H,3-4,10H2,1H3. The lowest BCUT2D eigenvalue weighted by atomic mass is 10.1. The van der Waals surface area contributed by atoms with Crippen molar-refractivity contribution in [2.24, 2.45) is 0 Å². The Morgan fingerprint density at radius 3 is 2.59 bits per heavy atom. The molecule has 1 saturated carbocycles. The third-order valence-corrected chi connectivity index (χ3v) is 4.41. The third kappa shape index (κ3) is 3.46. The van der Waals surface area contributed by atoms with Crippen molar-refractivity contribution >= 4 is 5.97 Å². The van der Waals surface area contributed by atoms with Crippen LogP contribution in [0.15, 0.2) is 47.9 Å². The van der Waals surface area contributed by atoms with Gasteiger partial charge in [0, 0.05) is 18.6 Å². The predicted molar refractivity (Wildman–Crippen MR) is 96.2 cm³/mol. The minimum Gasteiger partial charge on any atom is -0.465 e. The maximum Gasteiger partial charge on any atom is 0.339 e. The number of carbonyl (C=O) groups is 1. The quantitative estimate of drug-likeness (QED) is 0.637. The van der Waals surface area contributed by atoms with Crippen LogP contribution < -0.4 is 5.56 Å². The summed E-state index contributed by atoms with van der Waals surface area (Å²) in [5.74, 6) is 0.214. The summed E-state index contributed by atoms with van der Waals surface area (Å²) >= 11 is 0. The zero-order valence-electron chi connectivity index (χ0n) is 14.7. The molecule has 0 atom stereocenters. The highest BCUT2D eigenvalue weighted by Crippen LogP contribution is 2.41. The van der Waals surface area contributed by atoms with Gasteiger partial charge in [0.2, 0.25) is 0 Å². The van der Waals surface area contributed by atoms with Gasteiger partial charge in [-0.05, 0) is 37.0 Å². The number of nitrogens with zero attached hydrogens (tertiary/aromatic N) is 5. The molecule has 0 aliphatic heterocycles. The van der Waals surface area contributed by atoms with E-state index >= 15 is 0 Å². The van der Waals surface area contributed by atoms with Crippen LogP contribution in [0.2, 0.25) is 0 Å². The van der Waals surface area contributed by atoms with Gasteiger partial charge in [-0.1, -0.05) is 0 Å². The van der Waals surface area contributed by atoms with E-state index < -0.39 is 5.97 Å². The molecule has 0 spiro atoms. The molecule has 3 heterocycles. The molecule has 1 aliphatic carbocycles. The molecule has 8 heteroatoms. The minimum atomic E-state index is -0.448. The van der Waals surface area contributed by atoms with E-state index in [4.69, 9.17) is 0 Å². The van der Waals surface area contributed by atoms with Gasteiger partial charge >= 0.3 is 5.97 Å². The van der Waals surface area contributed by atoms with E-state index in [1.807, 2.05) is 0 Å². The second-order valence-electron chi connectivity index (χ2n) is 6.32. The van der Waals surface area contributed by atoms with Gasteiger partial charge in [0.15, 0.2) is 5.82 Å². The second kappa shape index (κ2) is 7.06. The Balaban J connectivity index is 1.67. The van der Waals surface area contributed by atoms with Crippen molar-refractivity contribution in [1.82, 2.24) is 24.5 Å². The summed E-state index contributed by atoms with van der Waals surface area (Å²) < 4.78 is 6.19. The van der Waals surface area contributed by atoms with E-state index in [0.29, 0.717) is 28.3 Å². The number of carbonyl (C=O) groups excluding carboxylic acids is 1. The maximum atomic E-state index is 13.0. The molecule has 3 aromatic heterocycles. The highest BCUT2D eigenvalue weighted by molar-refractivity contribution is 5.88. The largest absolute Gasteiger partial charge is 0.465 e. The Kier molecular flexibility index (Phi) is 4.45. The molecule has 1 fully saturated rings. The zero-order chi connectivity index (χ0) is 18.8. The van der Waals surface area contributed by atoms with Gasteiger partial charge in [0.1, 0.15) is 5.69 Å². The summed E-state index contributed by atoms with van der Waals surface area (Å²) in [6, 6.07) is 5.05. The topological polar surface area (TPSA) is 99.9 Å². The smallest absolute Gasteiger partial charge is 0.339 e. The van der Waals surface area contributed by atoms with E-state index in [1.54, 1.807) is 30.6 Å². The molecule has 0 radical (unpaired) electrons. The number of rotatable bonds is 5. The molecule has 0 N–H and O–H groups in total. The summed E-state index contributed by atoms with van der Waals surface area (Å²) in [7, 11) is 1.32. The van der Waals surface area contributed by atoms with Gasteiger partial charge in [-0.3, -0.25) is 14.3 Å². The van der Waals surface area contributed by atoms with E-state index in [0.717, 1.165) is 12.8 Å². The molecule has 0 bridgehead atoms. The van der Waals surface area contributed by atoms with Crippen molar-refractivity contribution in [3.8, 4) is 11.5 Å². The minimum absolute atomic E-state index is 0.103. The first kappa shape index (κ1) is 17.0. The Morgan fingerprint density at radius 2 is 1.96 bits per heavy atom. The lowest BCUT2D eigenvalue weighted by Crippen LogP contribution is -2.26. The van der Waals surface area contributed by atoms with Gasteiger partial charge in [-0.15, -0.1) is 0 Å². The van der Waals surface area contributed by atoms with Crippen molar-refractivity contribution in [1.29, 1.82) is 0 Å². The molecular weight excluding hydrogens is 346 g/mol. The molecule has 8 nitrogen and oxygen atoms in total. The summed E-state index contributed by atoms with van der Waals surface area (Å²) in [5.41, 5.74) is 2.12. The van der Waals surface area contributed by atoms with E-state index in [2.05, 4.69) is 24.7 Å². The molecule has 0 aromatic carbocycles. The summed E-state index contributed by atoms with van der Waals surface area (Å²) in [5, 5.41) is 0. The van der Waals surface area contributed by atoms with Gasteiger partial charge in [0.05, 0.1) is 36.8 Å². The van der Waals surface area contributed by atoms with Crippen LogP contribution in [-0.2, 0) is 11.3 Å². The highest BCUT2D eigenvalue weighted by Gasteiger charge is 2.31. The van der Waals surface area contributed by atoms with E-state index in [9.17, 15) is 9.59 Å². The summed E-state index contributed by atoms with van der Waals surface area (Å²) in [4.78, 5) is 41.7. The lowest BCUT2D eigenvalue weighted by molar-refractivity contribution is 0.0600. The highest BCUT2D eigenvalue weighted by atomic mass is 16.5. The first-order chi connectivity index (χ1) is 13.2. The maximum absolute atomic E-state index is 13.0. The molecule has 136 valence electrons. The molecule has 0 saturated heterocycles. The average molecular weight is 363 g/mol.